The molecule has 3 aromatic rings. The molecule has 0 radical (unpaired) electrons. The number of nitrogens with one attached hydrogen (secondary N) is 1. The van der Waals surface area contributed by atoms with Crippen LogP contribution in [0.5, 0.6) is 0 Å². The van der Waals surface area contributed by atoms with Crippen LogP contribution >= 0.6 is 0 Å². The number of methoxy groups -OCH3 is 1. The number of nitrogens with zero attached hydrogens (tertiary/aromatic N) is 2. The highest BCUT2D eigenvalue weighted by atomic mass is 19.1. The number of esters is 1. The average molecular weight is 556 g/mol. The molecule has 2 aliphatic rings. The first-order chi connectivity index (χ1) is 19.7. The van der Waals surface area contributed by atoms with E-state index in [1.165, 1.54) is 7.11 Å². The van der Waals surface area contributed by atoms with Gasteiger partial charge in [-0.15, -0.1) is 0 Å². The number of amides is 2. The molecule has 3 heterocycles. The van der Waals surface area contributed by atoms with Gasteiger partial charge in [-0.2, -0.15) is 0 Å². The number of carbonyl (C=O) groups is 3. The number of carbonyl (C=O) groups excluding carboxylic acids is 3. The van der Waals surface area contributed by atoms with Crippen molar-refractivity contribution in [1.29, 1.82) is 0 Å². The van der Waals surface area contributed by atoms with Crippen LogP contribution in [-0.2, 0) is 25.5 Å². The Morgan fingerprint density at radius 1 is 1.12 bits per heavy atom. The number of benzene rings is 2. The predicted octanol–water partition coefficient (Wildman–Crippen LogP) is 6.03. The second-order valence-corrected chi connectivity index (χ2v) is 10.8. The second kappa shape index (κ2) is 12.0. The van der Waals surface area contributed by atoms with E-state index >= 15 is 0 Å². The van der Waals surface area contributed by atoms with Crippen LogP contribution in [-0.4, -0.2) is 41.3 Å². The standard InChI is InChI=1S/C33H34FN3O4/c1-20-6-4-8-26(32(20)34)24-13-15-37(30(38)19-24)29-9-5-7-21(2)33(40)36-27-16-22(17-31(39)41-3)10-11-25(27)23-12-14-35-28(29)18-23/h4,6,8,10-12,14,16,18-19,21,29H,5,7,9,13,15,17H2,1-3H3,(H,36,40)/t21-,29+/m1/s1. The van der Waals surface area contributed by atoms with Crippen LogP contribution in [0.15, 0.2) is 60.8 Å². The first kappa shape index (κ1) is 28.2. The molecular formula is C33H34FN3O4. The van der Waals surface area contributed by atoms with Gasteiger partial charge in [0.2, 0.25) is 11.8 Å². The normalized spacial score (nSPS) is 19.3. The van der Waals surface area contributed by atoms with Gasteiger partial charge in [0.25, 0.3) is 0 Å². The summed E-state index contributed by atoms with van der Waals surface area (Å²) in [7, 11) is 1.35. The first-order valence-corrected chi connectivity index (χ1v) is 14.0. The van der Waals surface area contributed by atoms with Gasteiger partial charge in [-0.1, -0.05) is 43.7 Å². The molecule has 212 valence electrons. The minimum atomic E-state index is -0.361. The van der Waals surface area contributed by atoms with Gasteiger partial charge in [0.15, 0.2) is 0 Å². The molecule has 2 amide bonds. The van der Waals surface area contributed by atoms with Gasteiger partial charge in [-0.25, -0.2) is 4.39 Å². The fourth-order valence-corrected chi connectivity index (χ4v) is 5.63. The van der Waals surface area contributed by atoms with Gasteiger partial charge < -0.3 is 15.0 Å². The summed E-state index contributed by atoms with van der Waals surface area (Å²) in [6.45, 7) is 4.06. The molecule has 0 fully saturated rings. The van der Waals surface area contributed by atoms with Gasteiger partial charge in [-0.05, 0) is 66.6 Å². The van der Waals surface area contributed by atoms with Crippen LogP contribution in [0, 0.1) is 18.7 Å². The molecule has 7 nitrogen and oxygen atoms in total. The van der Waals surface area contributed by atoms with Crippen LogP contribution in [0.1, 0.15) is 61.0 Å². The Bertz CT molecular complexity index is 1530. The van der Waals surface area contributed by atoms with Crippen molar-refractivity contribution in [3.8, 4) is 11.1 Å². The van der Waals surface area contributed by atoms with Crippen LogP contribution in [0.3, 0.4) is 0 Å². The quantitative estimate of drug-likeness (QED) is 0.398. The number of halogens is 1. The molecule has 0 spiro atoms. The summed E-state index contributed by atoms with van der Waals surface area (Å²) in [5.74, 6) is -1.18. The number of pyridine rings is 1. The molecule has 1 aromatic heterocycles. The zero-order valence-electron chi connectivity index (χ0n) is 23.6. The number of fused-ring (bicyclic) bond motifs is 4. The summed E-state index contributed by atoms with van der Waals surface area (Å²) in [6, 6.07) is 14.3. The van der Waals surface area contributed by atoms with Crippen LogP contribution < -0.4 is 5.32 Å². The van der Waals surface area contributed by atoms with E-state index in [2.05, 4.69) is 10.3 Å². The van der Waals surface area contributed by atoms with E-state index in [0.717, 1.165) is 22.4 Å². The van der Waals surface area contributed by atoms with Crippen molar-refractivity contribution < 1.29 is 23.5 Å². The zero-order valence-corrected chi connectivity index (χ0v) is 23.6. The molecule has 2 aromatic carbocycles. The zero-order chi connectivity index (χ0) is 29.1. The topological polar surface area (TPSA) is 88.6 Å². The summed E-state index contributed by atoms with van der Waals surface area (Å²) < 4.78 is 19.6. The largest absolute Gasteiger partial charge is 0.469 e. The number of hydrogen-bond donors (Lipinski definition) is 1. The number of hydrogen-bond acceptors (Lipinski definition) is 5. The summed E-state index contributed by atoms with van der Waals surface area (Å²) >= 11 is 0. The van der Waals surface area contributed by atoms with E-state index < -0.39 is 0 Å². The highest BCUT2D eigenvalue weighted by Crippen LogP contribution is 2.36. The maximum Gasteiger partial charge on any atom is 0.309 e. The summed E-state index contributed by atoms with van der Waals surface area (Å²) in [6.07, 6.45) is 5.90. The molecule has 0 aliphatic carbocycles. The molecule has 0 saturated heterocycles. The van der Waals surface area contributed by atoms with Crippen molar-refractivity contribution in [2.75, 3.05) is 19.0 Å². The van der Waals surface area contributed by atoms with Crippen molar-refractivity contribution in [3.63, 3.8) is 0 Å². The lowest BCUT2D eigenvalue weighted by molar-refractivity contribution is -0.139. The van der Waals surface area contributed by atoms with Crippen molar-refractivity contribution in [2.24, 2.45) is 5.92 Å². The fraction of sp³-hybridized carbons (Fsp3) is 0.333. The first-order valence-electron chi connectivity index (χ1n) is 14.0. The van der Waals surface area contributed by atoms with Crippen molar-refractivity contribution >= 4 is 29.0 Å². The van der Waals surface area contributed by atoms with E-state index in [0.29, 0.717) is 54.6 Å². The van der Waals surface area contributed by atoms with Crippen molar-refractivity contribution in [3.05, 3.63) is 89.0 Å². The molecule has 1 N–H and O–H groups in total. The molecule has 5 rings (SSSR count). The lowest BCUT2D eigenvalue weighted by Gasteiger charge is -2.34. The predicted molar refractivity (Wildman–Crippen MR) is 155 cm³/mol. The number of aryl methyl sites for hydroxylation is 1. The monoisotopic (exact) mass is 555 g/mol. The smallest absolute Gasteiger partial charge is 0.309 e. The minimum Gasteiger partial charge on any atom is -0.469 e. The maximum absolute atomic E-state index is 14.8. The minimum absolute atomic E-state index is 0.0951. The summed E-state index contributed by atoms with van der Waals surface area (Å²) in [4.78, 5) is 45.0. The maximum atomic E-state index is 14.8. The SMILES string of the molecule is COC(=O)Cc1ccc2c(c1)NC(=O)[C@H](C)CCC[C@H](N1CCC(c3cccc(C)c3F)=CC1=O)c1cc-2ccn1. The fourth-order valence-electron chi connectivity index (χ4n) is 5.63. The number of ether oxygens (including phenoxy) is 1. The lowest BCUT2D eigenvalue weighted by Crippen LogP contribution is -2.38. The Kier molecular flexibility index (Phi) is 8.28. The molecule has 2 bridgehead atoms. The second-order valence-electron chi connectivity index (χ2n) is 10.8. The number of rotatable bonds is 4. The Morgan fingerprint density at radius 2 is 1.95 bits per heavy atom. The third-order valence-corrected chi connectivity index (χ3v) is 8.03. The molecule has 2 atom stereocenters. The van der Waals surface area contributed by atoms with Gasteiger partial charge in [0.05, 0.1) is 25.3 Å². The molecule has 2 aliphatic heterocycles. The van der Waals surface area contributed by atoms with E-state index in [9.17, 15) is 18.8 Å². The number of aromatic nitrogens is 1. The average Bonchev–Trinajstić information content (AvgIpc) is 2.96. The molecule has 8 heteroatoms. The van der Waals surface area contributed by atoms with Crippen LogP contribution in [0.25, 0.3) is 16.7 Å². The van der Waals surface area contributed by atoms with Crippen molar-refractivity contribution in [2.45, 2.75) is 52.0 Å². The third-order valence-electron chi connectivity index (χ3n) is 8.03. The van der Waals surface area contributed by atoms with Gasteiger partial charge in [0, 0.05) is 41.5 Å². The van der Waals surface area contributed by atoms with E-state index in [1.807, 2.05) is 42.2 Å². The Labute approximate surface area is 239 Å². The molecule has 0 saturated carbocycles. The van der Waals surface area contributed by atoms with Crippen molar-refractivity contribution in [1.82, 2.24) is 9.88 Å². The Morgan fingerprint density at radius 3 is 2.73 bits per heavy atom. The van der Waals surface area contributed by atoms with E-state index in [-0.39, 0.29) is 42.0 Å². The highest BCUT2D eigenvalue weighted by molar-refractivity contribution is 5.98. The van der Waals surface area contributed by atoms with Crippen LogP contribution in [0.2, 0.25) is 0 Å². The molecular weight excluding hydrogens is 521 g/mol. The number of anilines is 1. The van der Waals surface area contributed by atoms with E-state index in [1.54, 1.807) is 37.4 Å². The summed E-state index contributed by atoms with van der Waals surface area (Å²) in [5.41, 5.74) is 5.46. The summed E-state index contributed by atoms with van der Waals surface area (Å²) in [5, 5.41) is 3.06. The van der Waals surface area contributed by atoms with Gasteiger partial charge in [-0.3, -0.25) is 19.4 Å². The third kappa shape index (κ3) is 6.06. The highest BCUT2D eigenvalue weighted by Gasteiger charge is 2.30. The Hall–Kier alpha value is -4.33. The molecule has 41 heavy (non-hydrogen) atoms. The van der Waals surface area contributed by atoms with Gasteiger partial charge >= 0.3 is 5.97 Å². The van der Waals surface area contributed by atoms with E-state index in [4.69, 9.17) is 4.74 Å². The Balaban J connectivity index is 1.51. The van der Waals surface area contributed by atoms with Gasteiger partial charge in [0.1, 0.15) is 5.82 Å². The molecule has 0 unspecified atom stereocenters. The lowest BCUT2D eigenvalue weighted by atomic mass is 9.92. The van der Waals surface area contributed by atoms with Crippen LogP contribution in [0.4, 0.5) is 10.1 Å².